The smallest absolute Gasteiger partial charge is 0.282 e. The quantitative estimate of drug-likeness (QED) is 0.612. The molecule has 0 saturated heterocycles. The molecule has 30 heavy (non-hydrogen) atoms. The molecule has 5 rings (SSSR count). The highest BCUT2D eigenvalue weighted by atomic mass is 16.7. The van der Waals surface area contributed by atoms with Gasteiger partial charge < -0.3 is 14.2 Å². The number of para-hydroxylation sites is 1. The summed E-state index contributed by atoms with van der Waals surface area (Å²) < 4.78 is 17.8. The summed E-state index contributed by atoms with van der Waals surface area (Å²) in [7, 11) is 1.58. The van der Waals surface area contributed by atoms with Gasteiger partial charge in [0.2, 0.25) is 12.5 Å². The molecule has 0 spiro atoms. The predicted octanol–water partition coefficient (Wildman–Crippen LogP) is 4.06. The van der Waals surface area contributed by atoms with Gasteiger partial charge in [-0.2, -0.15) is 9.78 Å². The van der Waals surface area contributed by atoms with E-state index in [1.807, 2.05) is 30.3 Å². The molecule has 2 aliphatic rings. The summed E-state index contributed by atoms with van der Waals surface area (Å²) in [6, 6.07) is 11.1. The van der Waals surface area contributed by atoms with Crippen molar-refractivity contribution in [3.63, 3.8) is 0 Å². The molecule has 0 N–H and O–H groups in total. The summed E-state index contributed by atoms with van der Waals surface area (Å²) in [5.41, 5.74) is 1.33. The minimum atomic E-state index is -0.148. The van der Waals surface area contributed by atoms with E-state index in [0.717, 1.165) is 42.6 Å². The first kappa shape index (κ1) is 18.7. The predicted molar refractivity (Wildman–Crippen MR) is 114 cm³/mol. The van der Waals surface area contributed by atoms with Gasteiger partial charge in [-0.1, -0.05) is 31.4 Å². The molecule has 1 aliphatic heterocycles. The number of fused-ring (bicyclic) bond motifs is 2. The second kappa shape index (κ2) is 7.82. The van der Waals surface area contributed by atoms with Crippen molar-refractivity contribution in [2.75, 3.05) is 13.9 Å². The molecular formula is C23H23N3O4. The Morgan fingerprint density at radius 3 is 2.83 bits per heavy atom. The Bertz CT molecular complexity index is 1180. The molecule has 0 amide bonds. The number of ether oxygens (including phenoxy) is 3. The molecule has 1 aliphatic carbocycles. The Kier molecular flexibility index (Phi) is 4.86. The first-order valence-electron chi connectivity index (χ1n) is 10.3. The zero-order chi connectivity index (χ0) is 20.5. The van der Waals surface area contributed by atoms with E-state index < -0.39 is 0 Å². The van der Waals surface area contributed by atoms with Crippen LogP contribution in [0.25, 0.3) is 10.9 Å². The molecule has 0 unspecified atom stereocenters. The lowest BCUT2D eigenvalue weighted by Gasteiger charge is -2.22. The fourth-order valence-electron chi connectivity index (χ4n) is 4.23. The van der Waals surface area contributed by atoms with E-state index in [1.54, 1.807) is 19.4 Å². The Balaban J connectivity index is 1.61. The van der Waals surface area contributed by atoms with E-state index in [0.29, 0.717) is 22.6 Å². The molecule has 3 aromatic rings. The SMILES string of the molecule is COc1cc(C=Nn2c(C3CCCCC3)nc3ccccc3c2=O)cc2c1OCO2. The van der Waals surface area contributed by atoms with E-state index in [1.165, 1.54) is 11.1 Å². The number of hydrogen-bond donors (Lipinski definition) is 0. The monoisotopic (exact) mass is 405 g/mol. The minimum Gasteiger partial charge on any atom is -0.493 e. The highest BCUT2D eigenvalue weighted by molar-refractivity contribution is 5.83. The average molecular weight is 405 g/mol. The van der Waals surface area contributed by atoms with Crippen LogP contribution in [-0.2, 0) is 0 Å². The van der Waals surface area contributed by atoms with Gasteiger partial charge in [-0.15, -0.1) is 0 Å². The molecule has 2 heterocycles. The first-order valence-corrected chi connectivity index (χ1v) is 10.3. The third-order valence-corrected chi connectivity index (χ3v) is 5.75. The van der Waals surface area contributed by atoms with Crippen molar-refractivity contribution >= 4 is 17.1 Å². The maximum Gasteiger partial charge on any atom is 0.282 e. The minimum absolute atomic E-state index is 0.148. The van der Waals surface area contributed by atoms with Gasteiger partial charge in [0, 0.05) is 11.5 Å². The lowest BCUT2D eigenvalue weighted by Crippen LogP contribution is -2.25. The van der Waals surface area contributed by atoms with Crippen molar-refractivity contribution < 1.29 is 14.2 Å². The standard InChI is InChI=1S/C23H23N3O4/c1-28-19-11-15(12-20-21(19)30-14-29-20)13-24-26-22(16-7-3-2-4-8-16)25-18-10-6-5-9-17(18)23(26)27/h5-6,9-13,16H,2-4,7-8,14H2,1H3. The highest BCUT2D eigenvalue weighted by Crippen LogP contribution is 2.41. The topological polar surface area (TPSA) is 74.9 Å². The second-order valence-electron chi connectivity index (χ2n) is 7.64. The van der Waals surface area contributed by atoms with Crippen molar-refractivity contribution in [1.29, 1.82) is 0 Å². The number of hydrogen-bond acceptors (Lipinski definition) is 6. The fraction of sp³-hybridized carbons (Fsp3) is 0.348. The van der Waals surface area contributed by atoms with E-state index in [4.69, 9.17) is 19.2 Å². The van der Waals surface area contributed by atoms with Gasteiger partial charge in [-0.25, -0.2) is 4.98 Å². The van der Waals surface area contributed by atoms with E-state index in [-0.39, 0.29) is 18.3 Å². The van der Waals surface area contributed by atoms with Crippen LogP contribution in [0.3, 0.4) is 0 Å². The van der Waals surface area contributed by atoms with Gasteiger partial charge >= 0.3 is 0 Å². The summed E-state index contributed by atoms with van der Waals surface area (Å²) in [5.74, 6) is 2.74. The third-order valence-electron chi connectivity index (χ3n) is 5.75. The fourth-order valence-corrected chi connectivity index (χ4v) is 4.23. The lowest BCUT2D eigenvalue weighted by molar-refractivity contribution is 0.171. The molecule has 0 atom stereocenters. The van der Waals surface area contributed by atoms with Crippen LogP contribution in [0.4, 0.5) is 0 Å². The van der Waals surface area contributed by atoms with Gasteiger partial charge in [0.1, 0.15) is 5.82 Å². The van der Waals surface area contributed by atoms with Crippen molar-refractivity contribution in [2.45, 2.75) is 38.0 Å². The Hall–Kier alpha value is -3.35. The summed E-state index contributed by atoms with van der Waals surface area (Å²) in [6.45, 7) is 0.159. The molecule has 2 aromatic carbocycles. The Morgan fingerprint density at radius 1 is 1.17 bits per heavy atom. The number of methoxy groups -OCH3 is 1. The van der Waals surface area contributed by atoms with Crippen molar-refractivity contribution in [3.8, 4) is 17.2 Å². The van der Waals surface area contributed by atoms with Gasteiger partial charge in [0.05, 0.1) is 24.2 Å². The lowest BCUT2D eigenvalue weighted by atomic mass is 9.88. The molecule has 7 heteroatoms. The summed E-state index contributed by atoms with van der Waals surface area (Å²) in [4.78, 5) is 18.1. The number of aromatic nitrogens is 2. The van der Waals surface area contributed by atoms with Crippen LogP contribution < -0.4 is 19.8 Å². The third kappa shape index (κ3) is 3.30. The zero-order valence-corrected chi connectivity index (χ0v) is 16.8. The van der Waals surface area contributed by atoms with Gasteiger partial charge in [0.15, 0.2) is 11.5 Å². The molecule has 0 bridgehead atoms. The molecule has 1 fully saturated rings. The van der Waals surface area contributed by atoms with E-state index >= 15 is 0 Å². The average Bonchev–Trinajstić information content (AvgIpc) is 3.27. The molecule has 7 nitrogen and oxygen atoms in total. The van der Waals surface area contributed by atoms with E-state index in [2.05, 4.69) is 5.10 Å². The van der Waals surface area contributed by atoms with Crippen LogP contribution in [-0.4, -0.2) is 29.8 Å². The van der Waals surface area contributed by atoms with Crippen LogP contribution in [0.15, 0.2) is 46.3 Å². The van der Waals surface area contributed by atoms with Crippen LogP contribution in [0.2, 0.25) is 0 Å². The second-order valence-corrected chi connectivity index (χ2v) is 7.64. The highest BCUT2D eigenvalue weighted by Gasteiger charge is 2.23. The van der Waals surface area contributed by atoms with Gasteiger partial charge in [-0.3, -0.25) is 4.79 Å². The largest absolute Gasteiger partial charge is 0.493 e. The van der Waals surface area contributed by atoms with Gasteiger partial charge in [0.25, 0.3) is 5.56 Å². The first-order chi connectivity index (χ1) is 14.7. The summed E-state index contributed by atoms with van der Waals surface area (Å²) in [6.07, 6.45) is 7.23. The normalized spacial score (nSPS) is 16.4. The molecule has 1 saturated carbocycles. The van der Waals surface area contributed by atoms with Crippen molar-refractivity contribution in [1.82, 2.24) is 9.66 Å². The summed E-state index contributed by atoms with van der Waals surface area (Å²) in [5, 5.41) is 5.13. The molecule has 0 radical (unpaired) electrons. The van der Waals surface area contributed by atoms with Crippen LogP contribution >= 0.6 is 0 Å². The maximum absolute atomic E-state index is 13.3. The Labute approximate surface area is 173 Å². The van der Waals surface area contributed by atoms with Crippen LogP contribution in [0.5, 0.6) is 17.2 Å². The molecule has 1 aromatic heterocycles. The number of nitrogens with zero attached hydrogens (tertiary/aromatic N) is 3. The van der Waals surface area contributed by atoms with Gasteiger partial charge in [-0.05, 0) is 37.1 Å². The van der Waals surface area contributed by atoms with Crippen molar-refractivity contribution in [2.24, 2.45) is 5.10 Å². The number of benzene rings is 2. The molecule has 154 valence electrons. The van der Waals surface area contributed by atoms with Crippen molar-refractivity contribution in [3.05, 3.63) is 58.1 Å². The van der Waals surface area contributed by atoms with Crippen LogP contribution in [0, 0.1) is 0 Å². The number of rotatable bonds is 4. The van der Waals surface area contributed by atoms with Crippen LogP contribution in [0.1, 0.15) is 49.4 Å². The van der Waals surface area contributed by atoms with E-state index in [9.17, 15) is 4.79 Å². The zero-order valence-electron chi connectivity index (χ0n) is 16.8. The summed E-state index contributed by atoms with van der Waals surface area (Å²) >= 11 is 0. The Morgan fingerprint density at radius 2 is 2.00 bits per heavy atom. The maximum atomic E-state index is 13.3. The molecular weight excluding hydrogens is 382 g/mol.